The highest BCUT2D eigenvalue weighted by molar-refractivity contribution is 5.99. The fraction of sp³-hybridized carbons (Fsp3) is 0.732. The number of cyclic esters (lactones) is 1. The predicted molar refractivity (Wildman–Crippen MR) is 211 cm³/mol. The summed E-state index contributed by atoms with van der Waals surface area (Å²) >= 11 is 0. The topological polar surface area (TPSA) is 197 Å². The van der Waals surface area contributed by atoms with Crippen LogP contribution in [-0.2, 0) is 44.6 Å². The Morgan fingerprint density at radius 3 is 2.43 bits per heavy atom. The molecule has 58 heavy (non-hydrogen) atoms. The number of hydrogen-bond acceptors (Lipinski definition) is 14. The molecule has 0 aromatic carbocycles. The summed E-state index contributed by atoms with van der Waals surface area (Å²) in [6.45, 7) is 13.0. The van der Waals surface area contributed by atoms with Crippen LogP contribution in [0.4, 0.5) is 4.79 Å². The van der Waals surface area contributed by atoms with Gasteiger partial charge in [0.15, 0.2) is 11.9 Å². The van der Waals surface area contributed by atoms with E-state index < -0.39 is 77.6 Å². The lowest BCUT2D eigenvalue weighted by Crippen LogP contribution is -2.61. The minimum absolute atomic E-state index is 0.108. The fourth-order valence-electron chi connectivity index (χ4n) is 8.63. The molecule has 5 heterocycles. The number of nitrogens with zero attached hydrogens (tertiary/aromatic N) is 6. The van der Waals surface area contributed by atoms with E-state index in [9.17, 15) is 24.3 Å². The third-order valence-electron chi connectivity index (χ3n) is 12.2. The molecule has 3 aliphatic rings. The Labute approximate surface area is 341 Å². The van der Waals surface area contributed by atoms with Crippen molar-refractivity contribution in [1.82, 2.24) is 35.1 Å². The van der Waals surface area contributed by atoms with Crippen LogP contribution in [0.15, 0.2) is 30.6 Å². The summed E-state index contributed by atoms with van der Waals surface area (Å²) in [5.41, 5.74) is -1.26. The van der Waals surface area contributed by atoms with E-state index in [-0.39, 0.29) is 37.3 Å². The molecule has 2 amide bonds. The minimum atomic E-state index is -1.38. The van der Waals surface area contributed by atoms with Crippen molar-refractivity contribution in [1.29, 1.82) is 0 Å². The van der Waals surface area contributed by atoms with Crippen LogP contribution in [0.2, 0.25) is 0 Å². The van der Waals surface area contributed by atoms with Gasteiger partial charge in [0.25, 0.3) is 0 Å². The second-order valence-electron chi connectivity index (χ2n) is 16.8. The maximum Gasteiger partial charge on any atom is 0.410 e. The molecule has 0 radical (unpaired) electrons. The van der Waals surface area contributed by atoms with E-state index in [2.05, 4.69) is 20.6 Å². The minimum Gasteiger partial charge on any atom is -0.458 e. The van der Waals surface area contributed by atoms with E-state index in [4.69, 9.17) is 23.7 Å². The molecule has 2 aromatic heterocycles. The number of aliphatic hydroxyl groups is 1. The van der Waals surface area contributed by atoms with Crippen LogP contribution in [0.5, 0.6) is 0 Å². The SMILES string of the molecule is CC[C@H]1OC(=O)[C@H](C)C(=O)C[C@@H](O[C@@H]2OC(C)CC(N(C)C)C2O)[C@](C)(OC)C[C@@H](C)C(=O)N[C@H](C)[C@H]2N(CCCCn3cc(-c4ccccn4)nn3)C(=O)O[C@]12C. The van der Waals surface area contributed by atoms with E-state index in [1.54, 1.807) is 43.5 Å². The van der Waals surface area contributed by atoms with Gasteiger partial charge in [0.1, 0.15) is 29.6 Å². The first-order valence-corrected chi connectivity index (χ1v) is 20.5. The molecule has 12 atom stereocenters. The first-order chi connectivity index (χ1) is 27.4. The second-order valence-corrected chi connectivity index (χ2v) is 16.8. The summed E-state index contributed by atoms with van der Waals surface area (Å²) in [4.78, 5) is 63.6. The number of likely N-dealkylation sites (N-methyl/N-ethyl adjacent to an activating group) is 1. The summed E-state index contributed by atoms with van der Waals surface area (Å²) < 4.78 is 32.6. The molecule has 17 heteroatoms. The van der Waals surface area contributed by atoms with E-state index >= 15 is 0 Å². The third-order valence-corrected chi connectivity index (χ3v) is 12.2. The highest BCUT2D eigenvalue weighted by Crippen LogP contribution is 2.39. The summed E-state index contributed by atoms with van der Waals surface area (Å²) in [5.74, 6) is -3.48. The van der Waals surface area contributed by atoms with Gasteiger partial charge in [0, 0.05) is 44.8 Å². The first-order valence-electron chi connectivity index (χ1n) is 20.5. The lowest BCUT2D eigenvalue weighted by molar-refractivity contribution is -0.289. The molecule has 3 fully saturated rings. The molecular weight excluding hydrogens is 750 g/mol. The van der Waals surface area contributed by atoms with E-state index in [0.29, 0.717) is 38.0 Å². The number of pyridine rings is 1. The van der Waals surface area contributed by atoms with Gasteiger partial charge in [-0.2, -0.15) is 0 Å². The quantitative estimate of drug-likeness (QED) is 0.190. The molecule has 0 spiro atoms. The zero-order chi connectivity index (χ0) is 42.5. The first kappa shape index (κ1) is 45.1. The van der Waals surface area contributed by atoms with Gasteiger partial charge in [-0.05, 0) is 93.0 Å². The van der Waals surface area contributed by atoms with Gasteiger partial charge in [-0.15, -0.1) is 5.10 Å². The lowest BCUT2D eigenvalue weighted by atomic mass is 9.83. The van der Waals surface area contributed by atoms with E-state index in [1.165, 1.54) is 14.0 Å². The average Bonchev–Trinajstić information content (AvgIpc) is 3.77. The maximum absolute atomic E-state index is 14.1. The Bertz CT molecular complexity index is 1730. The summed E-state index contributed by atoms with van der Waals surface area (Å²) in [7, 11) is 5.20. The van der Waals surface area contributed by atoms with Crippen LogP contribution in [0.1, 0.15) is 87.0 Å². The molecule has 3 unspecified atom stereocenters. The molecule has 3 saturated heterocycles. The number of aryl methyl sites for hydroxylation is 1. The number of aliphatic hydroxyl groups excluding tert-OH is 1. The molecule has 3 aliphatic heterocycles. The van der Waals surface area contributed by atoms with Gasteiger partial charge in [-0.1, -0.05) is 25.1 Å². The number of carbonyl (C=O) groups excluding carboxylic acids is 4. The zero-order valence-corrected chi connectivity index (χ0v) is 35.6. The number of carbonyl (C=O) groups is 4. The van der Waals surface area contributed by atoms with Crippen molar-refractivity contribution in [3.05, 3.63) is 30.6 Å². The average molecular weight is 814 g/mol. The lowest BCUT2D eigenvalue weighted by Gasteiger charge is -2.45. The van der Waals surface area contributed by atoms with Crippen LogP contribution in [-0.4, -0.2) is 146 Å². The van der Waals surface area contributed by atoms with Crippen molar-refractivity contribution in [2.45, 2.75) is 154 Å². The Balaban J connectivity index is 1.39. The van der Waals surface area contributed by atoms with Gasteiger partial charge < -0.3 is 39.0 Å². The Kier molecular flexibility index (Phi) is 14.7. The van der Waals surface area contributed by atoms with Crippen molar-refractivity contribution < 1.29 is 48.0 Å². The van der Waals surface area contributed by atoms with Crippen LogP contribution in [0, 0.1) is 11.8 Å². The zero-order valence-electron chi connectivity index (χ0n) is 35.6. The maximum atomic E-state index is 14.1. The number of rotatable bonds is 11. The summed E-state index contributed by atoms with van der Waals surface area (Å²) in [5, 5.41) is 22.9. The molecular formula is C41H63N7O10. The fourth-order valence-corrected chi connectivity index (χ4v) is 8.63. The van der Waals surface area contributed by atoms with Gasteiger partial charge in [-0.25, -0.2) is 4.79 Å². The molecule has 0 aliphatic carbocycles. The number of hydrogen-bond donors (Lipinski definition) is 2. The number of Topliss-reactive ketones (excluding diaryl/α,β-unsaturated/α-hetero) is 1. The van der Waals surface area contributed by atoms with Gasteiger partial charge in [0.2, 0.25) is 5.91 Å². The standard InChI is InChI=1S/C41H63N7O10/c1-11-32-41(7)35(48(39(53)58-41)19-15-14-18-47-23-29(44-45-47)28-16-12-13-17-42-28)27(5)43-36(51)24(2)22-40(6,54-10)33(21-31(49)26(4)37(52)56-32)57-38-34(50)30(46(8)9)20-25(3)55-38/h12-13,16-17,23-27,30,32-35,38,50H,11,14-15,18-22H2,1-10H3,(H,43,51)/t24-,25?,26-,27-,30?,32-,33-,34?,35-,38+,40-,41-/m1/s1. The van der Waals surface area contributed by atoms with E-state index in [0.717, 1.165) is 5.69 Å². The van der Waals surface area contributed by atoms with Gasteiger partial charge in [0.05, 0.1) is 41.8 Å². The molecule has 0 saturated carbocycles. The summed E-state index contributed by atoms with van der Waals surface area (Å²) in [6, 6.07) is 3.90. The third kappa shape index (κ3) is 9.87. The number of unbranched alkanes of at least 4 members (excludes halogenated alkanes) is 1. The van der Waals surface area contributed by atoms with Crippen molar-refractivity contribution in [2.24, 2.45) is 11.8 Å². The van der Waals surface area contributed by atoms with Gasteiger partial charge >= 0.3 is 12.1 Å². The van der Waals surface area contributed by atoms with Crippen molar-refractivity contribution in [3.63, 3.8) is 0 Å². The number of esters is 1. The molecule has 17 nitrogen and oxygen atoms in total. The highest BCUT2D eigenvalue weighted by atomic mass is 16.7. The van der Waals surface area contributed by atoms with Gasteiger partial charge in [-0.3, -0.25) is 28.9 Å². The van der Waals surface area contributed by atoms with Crippen molar-refractivity contribution in [3.8, 4) is 11.4 Å². The van der Waals surface area contributed by atoms with Crippen LogP contribution < -0.4 is 5.32 Å². The number of methoxy groups -OCH3 is 1. The number of nitrogens with one attached hydrogen (secondary N) is 1. The predicted octanol–water partition coefficient (Wildman–Crippen LogP) is 3.38. The Hall–Kier alpha value is -4.03. The van der Waals surface area contributed by atoms with E-state index in [1.807, 2.05) is 57.2 Å². The molecule has 2 aromatic rings. The van der Waals surface area contributed by atoms with Crippen LogP contribution >= 0.6 is 0 Å². The largest absolute Gasteiger partial charge is 0.458 e. The van der Waals surface area contributed by atoms with Crippen molar-refractivity contribution >= 4 is 23.8 Å². The smallest absolute Gasteiger partial charge is 0.410 e. The number of fused-ring (bicyclic) bond motifs is 1. The summed E-state index contributed by atoms with van der Waals surface area (Å²) in [6.07, 6.45) is 0.395. The normalized spacial score (nSPS) is 35.5. The second kappa shape index (κ2) is 18.9. The molecule has 322 valence electrons. The highest BCUT2D eigenvalue weighted by Gasteiger charge is 2.59. The number of amides is 2. The Morgan fingerprint density at radius 2 is 1.78 bits per heavy atom. The molecule has 2 N–H and O–H groups in total. The number of ketones is 1. The number of aromatic nitrogens is 4. The molecule has 5 rings (SSSR count). The van der Waals surface area contributed by atoms with Crippen LogP contribution in [0.3, 0.4) is 0 Å². The Morgan fingerprint density at radius 1 is 1.05 bits per heavy atom. The van der Waals surface area contributed by atoms with Crippen LogP contribution in [0.25, 0.3) is 11.4 Å². The molecule has 0 bridgehead atoms. The van der Waals surface area contributed by atoms with Crippen molar-refractivity contribution in [2.75, 3.05) is 27.7 Å². The monoisotopic (exact) mass is 813 g/mol. The number of ether oxygens (including phenoxy) is 5.